The predicted molar refractivity (Wildman–Crippen MR) is 100 cm³/mol. The Kier molecular flexibility index (Phi) is 5.36. The first-order chi connectivity index (χ1) is 12.3. The van der Waals surface area contributed by atoms with Crippen LogP contribution < -0.4 is 0 Å². The number of rotatable bonds is 4. The Morgan fingerprint density at radius 2 is 2.00 bits per heavy atom. The van der Waals surface area contributed by atoms with Crippen LogP contribution >= 0.6 is 11.6 Å². The first kappa shape index (κ1) is 18.9. The van der Waals surface area contributed by atoms with E-state index in [-0.39, 0.29) is 11.9 Å². The van der Waals surface area contributed by atoms with Crippen molar-refractivity contribution in [2.45, 2.75) is 18.9 Å². The van der Waals surface area contributed by atoms with Crippen molar-refractivity contribution in [2.24, 2.45) is 0 Å². The molecule has 140 valence electrons. The highest BCUT2D eigenvalue weighted by molar-refractivity contribution is 7.88. The topological polar surface area (TPSA) is 75.5 Å². The molecule has 0 bridgehead atoms. The molecule has 26 heavy (non-hydrogen) atoms. The molecule has 7 nitrogen and oxygen atoms in total. The minimum Gasteiger partial charge on any atom is -0.338 e. The average molecular weight is 397 g/mol. The molecule has 0 radical (unpaired) electrons. The van der Waals surface area contributed by atoms with Crippen LogP contribution in [0.15, 0.2) is 36.7 Å². The zero-order chi connectivity index (χ0) is 18.9. The number of nitrogens with zero attached hydrogens (tertiary/aromatic N) is 4. The lowest BCUT2D eigenvalue weighted by Crippen LogP contribution is -2.46. The van der Waals surface area contributed by atoms with E-state index in [2.05, 4.69) is 5.10 Å². The third-order valence-corrected chi connectivity index (χ3v) is 6.27. The summed E-state index contributed by atoms with van der Waals surface area (Å²) < 4.78 is 26.3. The van der Waals surface area contributed by atoms with E-state index < -0.39 is 10.0 Å². The quantitative estimate of drug-likeness (QED) is 0.792. The number of hydrogen-bond acceptors (Lipinski definition) is 4. The van der Waals surface area contributed by atoms with E-state index in [1.165, 1.54) is 16.8 Å². The van der Waals surface area contributed by atoms with Gasteiger partial charge in [0.1, 0.15) is 0 Å². The second-order valence-corrected chi connectivity index (χ2v) is 8.93. The molecule has 1 amide bonds. The van der Waals surface area contributed by atoms with Gasteiger partial charge in [0, 0.05) is 37.4 Å². The molecule has 0 N–H and O–H groups in total. The fourth-order valence-corrected chi connectivity index (χ4v) is 4.02. The molecule has 1 aromatic heterocycles. The van der Waals surface area contributed by atoms with Gasteiger partial charge in [0.15, 0.2) is 0 Å². The molecule has 3 rings (SSSR count). The standard InChI is InChI=1S/C17H21ClN4O3S/c1-20(26(2,24)25)15-6-8-21(9-7-15)17(23)13-11-19-22(12-13)16-5-3-4-14(18)10-16/h3-5,10-12,15H,6-9H2,1-2H3. The van der Waals surface area contributed by atoms with Crippen molar-refractivity contribution in [1.82, 2.24) is 19.0 Å². The molecule has 0 saturated carbocycles. The highest BCUT2D eigenvalue weighted by atomic mass is 35.5. The van der Waals surface area contributed by atoms with Gasteiger partial charge in [0.25, 0.3) is 5.91 Å². The molecule has 1 aromatic carbocycles. The molecule has 0 aliphatic carbocycles. The van der Waals surface area contributed by atoms with Gasteiger partial charge in [-0.25, -0.2) is 17.4 Å². The molecule has 2 heterocycles. The largest absolute Gasteiger partial charge is 0.338 e. The van der Waals surface area contributed by atoms with Crippen LogP contribution in [-0.4, -0.2) is 65.7 Å². The summed E-state index contributed by atoms with van der Waals surface area (Å²) in [5.74, 6) is -0.0984. The van der Waals surface area contributed by atoms with Gasteiger partial charge in [-0.1, -0.05) is 17.7 Å². The zero-order valence-electron chi connectivity index (χ0n) is 14.7. The van der Waals surface area contributed by atoms with Crippen molar-refractivity contribution < 1.29 is 13.2 Å². The van der Waals surface area contributed by atoms with Crippen molar-refractivity contribution in [3.63, 3.8) is 0 Å². The lowest BCUT2D eigenvalue weighted by Gasteiger charge is -2.35. The second-order valence-electron chi connectivity index (χ2n) is 6.46. The molecular formula is C17H21ClN4O3S. The smallest absolute Gasteiger partial charge is 0.257 e. The monoisotopic (exact) mass is 396 g/mol. The van der Waals surface area contributed by atoms with Gasteiger partial charge in [-0.2, -0.15) is 5.10 Å². The van der Waals surface area contributed by atoms with Gasteiger partial charge in [0.05, 0.1) is 23.7 Å². The number of hydrogen-bond donors (Lipinski definition) is 0. The minimum atomic E-state index is -3.22. The first-order valence-corrected chi connectivity index (χ1v) is 10.5. The lowest BCUT2D eigenvalue weighted by atomic mass is 10.0. The van der Waals surface area contributed by atoms with Gasteiger partial charge in [-0.15, -0.1) is 0 Å². The van der Waals surface area contributed by atoms with Gasteiger partial charge >= 0.3 is 0 Å². The maximum atomic E-state index is 12.7. The maximum absolute atomic E-state index is 12.7. The Labute approximate surface area is 158 Å². The van der Waals surface area contributed by atoms with E-state index in [0.29, 0.717) is 36.5 Å². The van der Waals surface area contributed by atoms with Crippen molar-refractivity contribution in [3.8, 4) is 5.69 Å². The number of piperidine rings is 1. The number of amides is 1. The molecule has 0 unspecified atom stereocenters. The molecule has 9 heteroatoms. The van der Waals surface area contributed by atoms with Crippen LogP contribution in [0.5, 0.6) is 0 Å². The molecule has 0 spiro atoms. The molecule has 0 atom stereocenters. The summed E-state index contributed by atoms with van der Waals surface area (Å²) in [5.41, 5.74) is 1.28. The number of sulfonamides is 1. The maximum Gasteiger partial charge on any atom is 0.257 e. The van der Waals surface area contributed by atoms with Crippen molar-refractivity contribution >= 4 is 27.5 Å². The molecular weight excluding hydrogens is 376 g/mol. The van der Waals surface area contributed by atoms with Gasteiger partial charge in [-0.3, -0.25) is 4.79 Å². The second kappa shape index (κ2) is 7.38. The molecule has 1 fully saturated rings. The highest BCUT2D eigenvalue weighted by Crippen LogP contribution is 2.20. The van der Waals surface area contributed by atoms with Crippen LogP contribution in [-0.2, 0) is 10.0 Å². The summed E-state index contributed by atoms with van der Waals surface area (Å²) in [6.45, 7) is 1.04. The first-order valence-electron chi connectivity index (χ1n) is 8.28. The zero-order valence-corrected chi connectivity index (χ0v) is 16.2. The number of halogens is 1. The Morgan fingerprint density at radius 1 is 1.31 bits per heavy atom. The van der Waals surface area contributed by atoms with E-state index >= 15 is 0 Å². The number of benzene rings is 1. The molecule has 1 aliphatic heterocycles. The van der Waals surface area contributed by atoms with Gasteiger partial charge in [0.2, 0.25) is 10.0 Å². The van der Waals surface area contributed by atoms with Crippen LogP contribution in [0.2, 0.25) is 5.02 Å². The Bertz CT molecular complexity index is 904. The molecule has 2 aromatic rings. The van der Waals surface area contributed by atoms with Crippen LogP contribution in [0.4, 0.5) is 0 Å². The van der Waals surface area contributed by atoms with Crippen LogP contribution in [0.1, 0.15) is 23.2 Å². The Hall–Kier alpha value is -1.90. The van der Waals surface area contributed by atoms with E-state index in [9.17, 15) is 13.2 Å². The normalized spacial score (nSPS) is 16.2. The number of carbonyl (C=O) groups excluding carboxylic acids is 1. The minimum absolute atomic E-state index is 0.0665. The number of likely N-dealkylation sites (tertiary alicyclic amines) is 1. The average Bonchev–Trinajstić information content (AvgIpc) is 3.10. The van der Waals surface area contributed by atoms with Crippen LogP contribution in [0.3, 0.4) is 0 Å². The third kappa shape index (κ3) is 4.08. The summed E-state index contributed by atoms with van der Waals surface area (Å²) in [4.78, 5) is 14.4. The fraction of sp³-hybridized carbons (Fsp3) is 0.412. The van der Waals surface area contributed by atoms with Crippen molar-refractivity contribution in [1.29, 1.82) is 0 Å². The Balaban J connectivity index is 1.66. The third-order valence-electron chi connectivity index (χ3n) is 4.69. The van der Waals surface area contributed by atoms with Gasteiger partial charge < -0.3 is 4.90 Å². The van der Waals surface area contributed by atoms with E-state index in [4.69, 9.17) is 11.6 Å². The number of aromatic nitrogens is 2. The number of carbonyl (C=O) groups is 1. The molecule has 1 saturated heterocycles. The van der Waals surface area contributed by atoms with Crippen molar-refractivity contribution in [3.05, 3.63) is 47.2 Å². The lowest BCUT2D eigenvalue weighted by molar-refractivity contribution is 0.0686. The summed E-state index contributed by atoms with van der Waals surface area (Å²) in [5, 5.41) is 4.84. The predicted octanol–water partition coefficient (Wildman–Crippen LogP) is 2.02. The van der Waals surface area contributed by atoms with Gasteiger partial charge in [-0.05, 0) is 31.0 Å². The van der Waals surface area contributed by atoms with E-state index in [0.717, 1.165) is 5.69 Å². The fourth-order valence-electron chi connectivity index (χ4n) is 3.08. The SMILES string of the molecule is CN(C1CCN(C(=O)c2cnn(-c3cccc(Cl)c3)c2)CC1)S(C)(=O)=O. The van der Waals surface area contributed by atoms with E-state index in [1.54, 1.807) is 35.0 Å². The molecule has 1 aliphatic rings. The van der Waals surface area contributed by atoms with E-state index in [1.807, 2.05) is 12.1 Å². The summed E-state index contributed by atoms with van der Waals surface area (Å²) in [6, 6.07) is 7.17. The van der Waals surface area contributed by atoms with Crippen LogP contribution in [0, 0.1) is 0 Å². The van der Waals surface area contributed by atoms with Crippen LogP contribution in [0.25, 0.3) is 5.69 Å². The summed E-state index contributed by atoms with van der Waals surface area (Å²) >= 11 is 5.99. The summed E-state index contributed by atoms with van der Waals surface area (Å²) in [6.07, 6.45) is 5.67. The Morgan fingerprint density at radius 3 is 2.62 bits per heavy atom. The highest BCUT2D eigenvalue weighted by Gasteiger charge is 2.29. The van der Waals surface area contributed by atoms with Crippen molar-refractivity contribution in [2.75, 3.05) is 26.4 Å². The summed E-state index contributed by atoms with van der Waals surface area (Å²) in [7, 11) is -1.63.